The predicted octanol–water partition coefficient (Wildman–Crippen LogP) is 3.93. The summed E-state index contributed by atoms with van der Waals surface area (Å²) in [7, 11) is 1.16. The summed E-state index contributed by atoms with van der Waals surface area (Å²) in [4.78, 5) is 12.9. The highest BCUT2D eigenvalue weighted by Crippen LogP contribution is 2.31. The van der Waals surface area contributed by atoms with Crippen LogP contribution in [0.15, 0.2) is 47.4 Å². The van der Waals surface area contributed by atoms with Crippen LogP contribution >= 0.6 is 0 Å². The highest BCUT2D eigenvalue weighted by molar-refractivity contribution is 7.89. The topological polar surface area (TPSA) is 94.2 Å². The second-order valence-corrected chi connectivity index (χ2v) is 10.00. The molecule has 3 rings (SSSR count). The summed E-state index contributed by atoms with van der Waals surface area (Å²) in [6, 6.07) is 11.1. The van der Waals surface area contributed by atoms with Gasteiger partial charge in [-0.1, -0.05) is 19.3 Å². The maximum atomic E-state index is 13.0. The number of carbonyl (C=O) groups excluding carboxylic acids is 1. The first kappa shape index (κ1) is 25.0. The number of hydrogen-bond acceptors (Lipinski definition) is 6. The highest BCUT2D eigenvalue weighted by Gasteiger charge is 2.29. The Kier molecular flexibility index (Phi) is 8.71. The molecule has 2 aromatic carbocycles. The Balaban J connectivity index is 1.69. The van der Waals surface area contributed by atoms with Gasteiger partial charge in [0, 0.05) is 37.5 Å². The van der Waals surface area contributed by atoms with Gasteiger partial charge in [0.1, 0.15) is 6.61 Å². The lowest BCUT2D eigenvalue weighted by Crippen LogP contribution is -2.38. The van der Waals surface area contributed by atoms with Crippen LogP contribution in [0, 0.1) is 0 Å². The second-order valence-electron chi connectivity index (χ2n) is 8.00. The van der Waals surface area contributed by atoms with Gasteiger partial charge in [0.25, 0.3) is 5.91 Å². The minimum Gasteiger partial charge on any atom is -0.493 e. The first-order valence-corrected chi connectivity index (χ1v) is 12.5. The lowest BCUT2D eigenvalue weighted by atomic mass is 9.96. The zero-order valence-corrected chi connectivity index (χ0v) is 20.2. The van der Waals surface area contributed by atoms with Crippen molar-refractivity contribution < 1.29 is 27.4 Å². The van der Waals surface area contributed by atoms with E-state index in [9.17, 15) is 13.2 Å². The Morgan fingerprint density at radius 2 is 1.70 bits per heavy atom. The molecule has 0 radical (unpaired) electrons. The van der Waals surface area contributed by atoms with E-state index in [0.717, 1.165) is 32.1 Å². The van der Waals surface area contributed by atoms with Crippen LogP contribution in [0.25, 0.3) is 0 Å². The molecule has 1 aliphatic carbocycles. The number of nitrogens with zero attached hydrogens (tertiary/aromatic N) is 1. The molecule has 0 unspecified atom stereocenters. The molecular weight excluding hydrogens is 444 g/mol. The zero-order valence-electron chi connectivity index (χ0n) is 19.4. The number of hydrogen-bond donors (Lipinski definition) is 1. The Bertz CT molecular complexity index is 1030. The third-order valence-electron chi connectivity index (χ3n) is 5.85. The lowest BCUT2D eigenvalue weighted by Gasteiger charge is -2.30. The number of ether oxygens (including phenoxy) is 3. The van der Waals surface area contributed by atoms with Crippen molar-refractivity contribution in [1.82, 2.24) is 4.31 Å². The van der Waals surface area contributed by atoms with Crippen LogP contribution in [0.4, 0.5) is 5.69 Å². The van der Waals surface area contributed by atoms with Crippen molar-refractivity contribution in [3.8, 4) is 11.5 Å². The largest absolute Gasteiger partial charge is 0.493 e. The average Bonchev–Trinajstić information content (AvgIpc) is 2.84. The van der Waals surface area contributed by atoms with Crippen molar-refractivity contribution in [2.45, 2.75) is 43.0 Å². The van der Waals surface area contributed by atoms with Gasteiger partial charge >= 0.3 is 0 Å². The number of amides is 1. The molecule has 0 atom stereocenters. The van der Waals surface area contributed by atoms with E-state index in [0.29, 0.717) is 36.0 Å². The van der Waals surface area contributed by atoms with Crippen LogP contribution in [0.3, 0.4) is 0 Å². The normalized spacial score (nSPS) is 14.8. The van der Waals surface area contributed by atoms with E-state index in [1.165, 1.54) is 35.7 Å². The highest BCUT2D eigenvalue weighted by atomic mass is 32.2. The van der Waals surface area contributed by atoms with Gasteiger partial charge in [-0.2, -0.15) is 4.31 Å². The molecule has 0 heterocycles. The Hall–Kier alpha value is -2.62. The van der Waals surface area contributed by atoms with E-state index in [-0.39, 0.29) is 16.8 Å². The Morgan fingerprint density at radius 1 is 1.00 bits per heavy atom. The molecule has 1 amide bonds. The molecule has 0 saturated heterocycles. The molecule has 1 aliphatic rings. The third kappa shape index (κ3) is 6.25. The number of rotatable bonds is 10. The molecule has 2 aromatic rings. The van der Waals surface area contributed by atoms with E-state index in [4.69, 9.17) is 14.2 Å². The first-order chi connectivity index (χ1) is 15.9. The minimum atomic E-state index is -3.60. The van der Waals surface area contributed by atoms with Crippen LogP contribution in [0.1, 0.15) is 42.5 Å². The lowest BCUT2D eigenvalue weighted by molar-refractivity contribution is 0.102. The van der Waals surface area contributed by atoms with Crippen molar-refractivity contribution in [2.24, 2.45) is 0 Å². The van der Waals surface area contributed by atoms with Crippen molar-refractivity contribution in [2.75, 3.05) is 39.8 Å². The van der Waals surface area contributed by atoms with Crippen LogP contribution < -0.4 is 14.8 Å². The summed E-state index contributed by atoms with van der Waals surface area (Å²) in [5.41, 5.74) is 0.883. The molecule has 1 saturated carbocycles. The SMILES string of the molecule is COCCOc1cc(NC(=O)c2ccc(S(=O)(=O)N(C)C3CCCCC3)cc2)ccc1OC. The summed E-state index contributed by atoms with van der Waals surface area (Å²) >= 11 is 0. The van der Waals surface area contributed by atoms with Crippen molar-refractivity contribution in [3.05, 3.63) is 48.0 Å². The maximum Gasteiger partial charge on any atom is 0.255 e. The molecule has 0 aromatic heterocycles. The van der Waals surface area contributed by atoms with Gasteiger partial charge < -0.3 is 19.5 Å². The first-order valence-electron chi connectivity index (χ1n) is 11.1. The molecular formula is C24H32N2O6S. The molecule has 180 valence electrons. The number of anilines is 1. The fraction of sp³-hybridized carbons (Fsp3) is 0.458. The van der Waals surface area contributed by atoms with E-state index in [1.54, 1.807) is 32.4 Å². The van der Waals surface area contributed by atoms with Crippen molar-refractivity contribution >= 4 is 21.6 Å². The van der Waals surface area contributed by atoms with Gasteiger partial charge in [0.15, 0.2) is 11.5 Å². The standard InChI is InChI=1S/C24H32N2O6S/c1-26(20-7-5-4-6-8-20)33(28,29)21-12-9-18(10-13-21)24(27)25-19-11-14-22(31-3)23(17-19)32-16-15-30-2/h9-14,17,20H,4-8,15-16H2,1-3H3,(H,25,27). The molecule has 1 fully saturated rings. The average molecular weight is 477 g/mol. The summed E-state index contributed by atoms with van der Waals surface area (Å²) in [6.45, 7) is 0.764. The van der Waals surface area contributed by atoms with E-state index in [2.05, 4.69) is 5.32 Å². The predicted molar refractivity (Wildman–Crippen MR) is 127 cm³/mol. The summed E-state index contributed by atoms with van der Waals surface area (Å²) in [5.74, 6) is 0.674. The molecule has 9 heteroatoms. The Morgan fingerprint density at radius 3 is 2.33 bits per heavy atom. The summed E-state index contributed by atoms with van der Waals surface area (Å²) in [6.07, 6.45) is 5.02. The fourth-order valence-electron chi connectivity index (χ4n) is 3.89. The smallest absolute Gasteiger partial charge is 0.255 e. The summed E-state index contributed by atoms with van der Waals surface area (Å²) < 4.78 is 43.4. The second kappa shape index (κ2) is 11.5. The van der Waals surface area contributed by atoms with E-state index < -0.39 is 10.0 Å². The molecule has 1 N–H and O–H groups in total. The number of benzene rings is 2. The molecule has 0 bridgehead atoms. The monoisotopic (exact) mass is 476 g/mol. The molecule has 0 aliphatic heterocycles. The van der Waals surface area contributed by atoms with Crippen LogP contribution in [0.5, 0.6) is 11.5 Å². The third-order valence-corrected chi connectivity index (χ3v) is 7.77. The van der Waals surface area contributed by atoms with Gasteiger partial charge in [0.2, 0.25) is 10.0 Å². The van der Waals surface area contributed by atoms with Crippen LogP contribution in [-0.4, -0.2) is 59.2 Å². The minimum absolute atomic E-state index is 0.0297. The van der Waals surface area contributed by atoms with Crippen molar-refractivity contribution in [1.29, 1.82) is 0 Å². The molecule has 0 spiro atoms. The van der Waals surface area contributed by atoms with E-state index >= 15 is 0 Å². The van der Waals surface area contributed by atoms with Gasteiger partial charge in [-0.25, -0.2) is 8.42 Å². The summed E-state index contributed by atoms with van der Waals surface area (Å²) in [5, 5.41) is 2.81. The number of nitrogens with one attached hydrogen (secondary N) is 1. The van der Waals surface area contributed by atoms with Gasteiger partial charge in [-0.15, -0.1) is 0 Å². The van der Waals surface area contributed by atoms with Crippen LogP contribution in [0.2, 0.25) is 0 Å². The van der Waals surface area contributed by atoms with Crippen molar-refractivity contribution in [3.63, 3.8) is 0 Å². The molecule has 33 heavy (non-hydrogen) atoms. The van der Waals surface area contributed by atoms with Gasteiger partial charge in [-0.05, 0) is 49.2 Å². The number of carbonyl (C=O) groups is 1. The van der Waals surface area contributed by atoms with Gasteiger partial charge in [0.05, 0.1) is 18.6 Å². The van der Waals surface area contributed by atoms with E-state index in [1.807, 2.05) is 0 Å². The number of methoxy groups -OCH3 is 2. The zero-order chi connectivity index (χ0) is 23.8. The quantitative estimate of drug-likeness (QED) is 0.522. The number of sulfonamides is 1. The molecule has 8 nitrogen and oxygen atoms in total. The van der Waals surface area contributed by atoms with Gasteiger partial charge in [-0.3, -0.25) is 4.79 Å². The fourth-order valence-corrected chi connectivity index (χ4v) is 5.31. The Labute approximate surface area is 195 Å². The maximum absolute atomic E-state index is 13.0. The van der Waals surface area contributed by atoms with Crippen LogP contribution in [-0.2, 0) is 14.8 Å².